The zero-order valence-electron chi connectivity index (χ0n) is 12.2. The van der Waals surface area contributed by atoms with Crippen LogP contribution in [0, 0.1) is 19.8 Å². The summed E-state index contributed by atoms with van der Waals surface area (Å²) in [5, 5.41) is 5.48. The molecule has 4 heteroatoms. The fourth-order valence-electron chi connectivity index (χ4n) is 2.51. The number of hydrogen-bond acceptors (Lipinski definition) is 1. The average molecular weight is 400 g/mol. The minimum absolute atomic E-state index is 0.571. The van der Waals surface area contributed by atoms with Gasteiger partial charge in [0.1, 0.15) is 0 Å². The zero-order valence-corrected chi connectivity index (χ0v) is 15.3. The molecule has 2 aromatic rings. The molecule has 0 aliphatic heterocycles. The van der Waals surface area contributed by atoms with Gasteiger partial charge in [0.2, 0.25) is 0 Å². The van der Waals surface area contributed by atoms with Gasteiger partial charge in [-0.05, 0) is 59.7 Å². The highest BCUT2D eigenvalue weighted by atomic mass is 79.9. The second-order valence-electron chi connectivity index (χ2n) is 5.32. The highest BCUT2D eigenvalue weighted by Gasteiger charge is 2.17. The number of rotatable bonds is 5. The number of nitrogens with zero attached hydrogens (tertiary/aromatic N) is 2. The molecule has 20 heavy (non-hydrogen) atoms. The van der Waals surface area contributed by atoms with Crippen LogP contribution < -0.4 is 0 Å². The molecule has 1 heterocycles. The Bertz CT molecular complexity index is 590. The maximum Gasteiger partial charge on any atom is 0.0738 e. The van der Waals surface area contributed by atoms with E-state index in [4.69, 9.17) is 0 Å². The summed E-state index contributed by atoms with van der Waals surface area (Å²) in [6.07, 6.45) is 2.12. The number of halogens is 2. The highest BCUT2D eigenvalue weighted by molar-refractivity contribution is 9.10. The Hall–Kier alpha value is -0.610. The van der Waals surface area contributed by atoms with Crippen LogP contribution in [-0.4, -0.2) is 15.1 Å². The summed E-state index contributed by atoms with van der Waals surface area (Å²) in [5.41, 5.74) is 5.15. The van der Waals surface area contributed by atoms with Crippen LogP contribution in [-0.2, 0) is 19.9 Å². The molecule has 0 saturated carbocycles. The van der Waals surface area contributed by atoms with Gasteiger partial charge in [-0.15, -0.1) is 0 Å². The smallest absolute Gasteiger partial charge is 0.0738 e. The summed E-state index contributed by atoms with van der Waals surface area (Å²) in [4.78, 5) is 0. The largest absolute Gasteiger partial charge is 0.271 e. The lowest BCUT2D eigenvalue weighted by molar-refractivity contribution is 0.554. The predicted molar refractivity (Wildman–Crippen MR) is 91.5 cm³/mol. The molecule has 1 atom stereocenters. The average Bonchev–Trinajstić information content (AvgIpc) is 2.66. The third-order valence-corrected chi connectivity index (χ3v) is 5.68. The van der Waals surface area contributed by atoms with E-state index in [9.17, 15) is 0 Å². The Kier molecular flexibility index (Phi) is 5.44. The van der Waals surface area contributed by atoms with Crippen molar-refractivity contribution in [3.63, 3.8) is 0 Å². The van der Waals surface area contributed by atoms with Gasteiger partial charge in [-0.25, -0.2) is 0 Å². The number of benzene rings is 1. The van der Waals surface area contributed by atoms with Crippen molar-refractivity contribution in [1.82, 2.24) is 9.78 Å². The third kappa shape index (κ3) is 3.53. The number of hydrogen-bond donors (Lipinski definition) is 0. The first kappa shape index (κ1) is 15.8. The molecule has 0 fully saturated rings. The summed E-state index contributed by atoms with van der Waals surface area (Å²) in [7, 11) is 2.02. The van der Waals surface area contributed by atoms with Gasteiger partial charge in [0.25, 0.3) is 0 Å². The van der Waals surface area contributed by atoms with Crippen molar-refractivity contribution in [3.8, 4) is 0 Å². The molecule has 0 bridgehead atoms. The lowest BCUT2D eigenvalue weighted by Crippen LogP contribution is -2.13. The van der Waals surface area contributed by atoms with Crippen molar-refractivity contribution in [2.24, 2.45) is 13.0 Å². The molecule has 0 aliphatic rings. The molecular formula is C16H20Br2N2. The second-order valence-corrected chi connectivity index (χ2v) is 6.77. The first-order chi connectivity index (χ1) is 9.52. The van der Waals surface area contributed by atoms with Crippen LogP contribution in [0.2, 0.25) is 0 Å². The van der Waals surface area contributed by atoms with Crippen LogP contribution in [0.1, 0.15) is 22.5 Å². The topological polar surface area (TPSA) is 17.8 Å². The SMILES string of the molecule is Cc1ccccc1CC(CBr)Cc1c(Br)c(C)nn1C. The van der Waals surface area contributed by atoms with Crippen molar-refractivity contribution >= 4 is 31.9 Å². The fraction of sp³-hybridized carbons (Fsp3) is 0.438. The van der Waals surface area contributed by atoms with Crippen LogP contribution in [0.4, 0.5) is 0 Å². The van der Waals surface area contributed by atoms with Gasteiger partial charge in [-0.3, -0.25) is 4.68 Å². The fourth-order valence-corrected chi connectivity index (χ4v) is 3.46. The monoisotopic (exact) mass is 398 g/mol. The Morgan fingerprint density at radius 3 is 2.45 bits per heavy atom. The Labute approximate surface area is 137 Å². The molecule has 0 spiro atoms. The van der Waals surface area contributed by atoms with Gasteiger partial charge >= 0.3 is 0 Å². The molecule has 0 amide bonds. The molecule has 0 N–H and O–H groups in total. The van der Waals surface area contributed by atoms with Crippen molar-refractivity contribution in [2.75, 3.05) is 5.33 Å². The standard InChI is InChI=1S/C16H20Br2N2/c1-11-6-4-5-7-14(11)8-13(10-17)9-15-16(18)12(2)19-20(15)3/h4-7,13H,8-10H2,1-3H3. The van der Waals surface area contributed by atoms with Crippen LogP contribution in [0.15, 0.2) is 28.7 Å². The van der Waals surface area contributed by atoms with Crippen molar-refractivity contribution < 1.29 is 0 Å². The van der Waals surface area contributed by atoms with Gasteiger partial charge < -0.3 is 0 Å². The van der Waals surface area contributed by atoms with E-state index in [-0.39, 0.29) is 0 Å². The van der Waals surface area contributed by atoms with E-state index in [2.05, 4.69) is 68.1 Å². The summed E-state index contributed by atoms with van der Waals surface area (Å²) >= 11 is 7.33. The summed E-state index contributed by atoms with van der Waals surface area (Å²) < 4.78 is 3.14. The quantitative estimate of drug-likeness (QED) is 0.672. The summed E-state index contributed by atoms with van der Waals surface area (Å²) in [6.45, 7) is 4.23. The van der Waals surface area contributed by atoms with E-state index >= 15 is 0 Å². The first-order valence-electron chi connectivity index (χ1n) is 6.81. The first-order valence-corrected chi connectivity index (χ1v) is 8.72. The van der Waals surface area contributed by atoms with E-state index in [1.54, 1.807) is 0 Å². The van der Waals surface area contributed by atoms with Gasteiger partial charge in [0.05, 0.1) is 15.9 Å². The van der Waals surface area contributed by atoms with Crippen LogP contribution in [0.3, 0.4) is 0 Å². The number of alkyl halides is 1. The van der Waals surface area contributed by atoms with E-state index in [0.29, 0.717) is 5.92 Å². The molecule has 1 aromatic carbocycles. The third-order valence-electron chi connectivity index (χ3n) is 3.73. The van der Waals surface area contributed by atoms with Crippen molar-refractivity contribution in [3.05, 3.63) is 51.3 Å². The minimum atomic E-state index is 0.571. The maximum atomic E-state index is 4.48. The van der Waals surface area contributed by atoms with Crippen LogP contribution in [0.5, 0.6) is 0 Å². The molecular weight excluding hydrogens is 380 g/mol. The van der Waals surface area contributed by atoms with E-state index < -0.39 is 0 Å². The van der Waals surface area contributed by atoms with Gasteiger partial charge in [-0.2, -0.15) is 5.10 Å². The summed E-state index contributed by atoms with van der Waals surface area (Å²) in [6, 6.07) is 8.64. The van der Waals surface area contributed by atoms with Crippen molar-refractivity contribution in [2.45, 2.75) is 26.7 Å². The Morgan fingerprint density at radius 2 is 1.90 bits per heavy atom. The van der Waals surface area contributed by atoms with Gasteiger partial charge in [-0.1, -0.05) is 40.2 Å². The highest BCUT2D eigenvalue weighted by Crippen LogP contribution is 2.25. The molecule has 0 aliphatic carbocycles. The van der Waals surface area contributed by atoms with Crippen molar-refractivity contribution in [1.29, 1.82) is 0 Å². The molecule has 2 rings (SSSR count). The molecule has 0 radical (unpaired) electrons. The van der Waals surface area contributed by atoms with Gasteiger partial charge in [0, 0.05) is 12.4 Å². The predicted octanol–water partition coefficient (Wildman–Crippen LogP) is 4.60. The zero-order chi connectivity index (χ0) is 14.7. The van der Waals surface area contributed by atoms with E-state index in [1.165, 1.54) is 16.8 Å². The van der Waals surface area contributed by atoms with Crippen LogP contribution >= 0.6 is 31.9 Å². The molecule has 0 saturated heterocycles. The molecule has 2 nitrogen and oxygen atoms in total. The normalized spacial score (nSPS) is 12.7. The minimum Gasteiger partial charge on any atom is -0.271 e. The van der Waals surface area contributed by atoms with E-state index in [1.807, 2.05) is 18.7 Å². The summed E-state index contributed by atoms with van der Waals surface area (Å²) in [5.74, 6) is 0.571. The number of aryl methyl sites for hydroxylation is 3. The Balaban J connectivity index is 2.15. The molecule has 1 unspecified atom stereocenters. The van der Waals surface area contributed by atoms with Crippen LogP contribution in [0.25, 0.3) is 0 Å². The Morgan fingerprint density at radius 1 is 1.20 bits per heavy atom. The van der Waals surface area contributed by atoms with E-state index in [0.717, 1.165) is 28.3 Å². The number of aromatic nitrogens is 2. The van der Waals surface area contributed by atoms with Gasteiger partial charge in [0.15, 0.2) is 0 Å². The lowest BCUT2D eigenvalue weighted by Gasteiger charge is -2.16. The maximum absolute atomic E-state index is 4.48. The molecule has 108 valence electrons. The second kappa shape index (κ2) is 6.90. The molecule has 1 aromatic heterocycles. The lowest BCUT2D eigenvalue weighted by atomic mass is 9.94.